The van der Waals surface area contributed by atoms with Gasteiger partial charge in [-0.05, 0) is 20.5 Å². The van der Waals surface area contributed by atoms with Crippen molar-refractivity contribution in [3.63, 3.8) is 0 Å². The minimum Gasteiger partial charge on any atom is -0.748 e. The Kier molecular flexibility index (Phi) is 36.6. The summed E-state index contributed by atoms with van der Waals surface area (Å²) in [5.41, 5.74) is 0. The van der Waals surface area contributed by atoms with Crippen molar-refractivity contribution in [1.29, 1.82) is 0 Å². The van der Waals surface area contributed by atoms with E-state index in [0.717, 1.165) is 13.0 Å². The van der Waals surface area contributed by atoms with Crippen molar-refractivity contribution < 1.29 is 144 Å². The number of aliphatic carboxylic acids is 1. The summed E-state index contributed by atoms with van der Waals surface area (Å²) in [6.07, 6.45) is 11.8. The Morgan fingerprint density at radius 1 is 0.378 bits per heavy atom. The minimum atomic E-state index is -4.32. The number of rotatable bonds is 43. The topological polar surface area (TPSA) is 498 Å². The number of methoxy groups -OCH3 is 2. The molecular weight excluding hydrogens is 1520 g/mol. The first-order chi connectivity index (χ1) is 51.7. The van der Waals surface area contributed by atoms with Crippen LogP contribution in [-0.2, 0) is 111 Å². The van der Waals surface area contributed by atoms with Gasteiger partial charge in [0.1, 0.15) is 55.4 Å². The first-order valence-corrected chi connectivity index (χ1v) is 41.7. The zero-order chi connectivity index (χ0) is 83.0. The third-order valence-corrected chi connectivity index (χ3v) is 22.3. The zero-order valence-electron chi connectivity index (χ0n) is 66.8. The minimum absolute atomic E-state index is 0. The fraction of sp³-hybridized carbons (Fsp3) is 0.757. The van der Waals surface area contributed by atoms with Crippen molar-refractivity contribution in [2.45, 2.75) is 68.6 Å². The highest BCUT2D eigenvalue weighted by molar-refractivity contribution is 7.86. The van der Waals surface area contributed by atoms with Crippen LogP contribution >= 0.6 is 0 Å². The molecule has 6 amide bonds. The summed E-state index contributed by atoms with van der Waals surface area (Å²) < 4.78 is 142. The van der Waals surface area contributed by atoms with Gasteiger partial charge >= 0.3 is 13.4 Å². The lowest BCUT2D eigenvalue weighted by atomic mass is 9.81. The summed E-state index contributed by atoms with van der Waals surface area (Å²) in [7, 11) is 8.32. The van der Waals surface area contributed by atoms with Crippen molar-refractivity contribution in [2.24, 2.45) is 47.3 Å². The van der Waals surface area contributed by atoms with Gasteiger partial charge in [-0.3, -0.25) is 38.4 Å². The van der Waals surface area contributed by atoms with Gasteiger partial charge in [0.2, 0.25) is 35.4 Å². The number of nitrogens with zero attached hydrogens (tertiary/aromatic N) is 5. The molecule has 4 fully saturated rings. The Bertz CT molecular complexity index is 3580. The Morgan fingerprint density at radius 2 is 0.613 bits per heavy atom. The third kappa shape index (κ3) is 31.3. The second-order valence-corrected chi connectivity index (χ2v) is 35.9. The molecule has 8 unspecified atom stereocenters. The number of fused-ring (bicyclic) bond motifs is 8. The number of amides is 6. The van der Waals surface area contributed by atoms with E-state index >= 15 is 0 Å². The van der Waals surface area contributed by atoms with E-state index in [0.29, 0.717) is 63.4 Å². The van der Waals surface area contributed by atoms with Crippen LogP contribution in [0.1, 0.15) is 21.2 Å². The van der Waals surface area contributed by atoms with E-state index < -0.39 is 149 Å². The smallest absolute Gasteiger partial charge is 0.748 e. The molecule has 38 nitrogen and oxygen atoms in total. The fourth-order valence-electron chi connectivity index (χ4n) is 13.5. The molecule has 8 heterocycles. The molecule has 6 N–H and O–H groups in total. The number of esters is 2. The van der Waals surface area contributed by atoms with Crippen LogP contribution in [0.4, 0.5) is 0 Å². The largest absolute Gasteiger partial charge is 1.00 e. The Morgan fingerprint density at radius 3 is 0.847 bits per heavy atom. The highest BCUT2D eigenvalue weighted by atomic mass is 32.2. The summed E-state index contributed by atoms with van der Waals surface area (Å²) in [6, 6.07) is 0. The molecule has 16 atom stereocenters. The van der Waals surface area contributed by atoms with E-state index in [1.165, 1.54) is 14.2 Å². The lowest BCUT2D eigenvalue weighted by molar-refractivity contribution is -0.888. The standard InChI is InChI=1S/C20H36N4O9S2.C18H28N2O7.C17H28N2O8S.C15H25N3O3/c1-23(2,11-13-34(27,28)29)9-7-21-19(25)17-15-5-6-16(33-15)18(17)20(26)22-8-10-24(3,4)12-14-35(30,31)32;1-20(2,8-6-14(21)22)9-7-19-17(23)15-12-4-5-13(27-12)16(15)18(24)26-11-10-25-3;1-19(2,8-11-28(22,23)24)7-6-18-16(20)14-12-4-5-13(27-12)15(14)17(21)26-10-9-25-3;1-4-7-16-14(19)12-10-5-6-11(21-10)13(12)15(20)17-8-9-18(2)3/h5-6,15-18H,7-14H2,1-4H3,(H2-2,21,22,25,26,27,28,29,30,31,32);4-5,12-13,15-16H,6-11H2,1-3H3,(H-,19,21,22,23);4-5,12-15H,6-11H2,1-3H3,(H-,18,20,22,23,24);5-6,10-13H,4,7-9H2,1-3H3,(H,16,19)(H,17,20)/p+1/t15-,16+,17?,18?;12-,13+,15?,16?;12-,13+,14?,15?;10-,11+,12?,13?/m.000/s1. The first kappa shape index (κ1) is 95.1. The Hall–Kier alpha value is -6.52. The summed E-state index contributed by atoms with van der Waals surface area (Å²) in [4.78, 5) is 113. The lowest BCUT2D eigenvalue weighted by Gasteiger charge is -2.31. The second kappa shape index (κ2) is 42.7. The molecule has 0 aromatic heterocycles. The molecule has 0 aromatic rings. The number of carboxylic acid groups (broad SMARTS) is 1. The summed E-state index contributed by atoms with van der Waals surface area (Å²) in [5.74, 6) is -9.93. The van der Waals surface area contributed by atoms with E-state index in [1.807, 2.05) is 52.2 Å². The van der Waals surface area contributed by atoms with Gasteiger partial charge in [0.05, 0.1) is 250 Å². The van der Waals surface area contributed by atoms with Crippen LogP contribution in [0.5, 0.6) is 0 Å². The van der Waals surface area contributed by atoms with E-state index in [9.17, 15) is 87.2 Å². The van der Waals surface area contributed by atoms with Crippen molar-refractivity contribution in [1.82, 2.24) is 36.8 Å². The highest BCUT2D eigenvalue weighted by Crippen LogP contribution is 2.43. The molecule has 4 saturated heterocycles. The monoisotopic (exact) mass is 1640 g/mol. The van der Waals surface area contributed by atoms with Crippen LogP contribution in [0.25, 0.3) is 0 Å². The molecular formula is C70H118N11O27S3+. The third-order valence-electron chi connectivity index (χ3n) is 20.3. The average molecular weight is 1640 g/mol. The average Bonchev–Trinajstić information content (AvgIpc) is 1.64. The molecule has 8 aliphatic heterocycles. The second-order valence-electron chi connectivity index (χ2n) is 31.3. The molecule has 0 aromatic carbocycles. The molecule has 632 valence electrons. The van der Waals surface area contributed by atoms with E-state index in [1.54, 1.807) is 78.7 Å². The molecule has 111 heavy (non-hydrogen) atoms. The lowest BCUT2D eigenvalue weighted by Crippen LogP contribution is -2.52. The van der Waals surface area contributed by atoms with E-state index in [2.05, 4.69) is 31.9 Å². The predicted octanol–water partition coefficient (Wildman–Crippen LogP) is -6.53. The highest BCUT2D eigenvalue weighted by Gasteiger charge is 2.57. The summed E-state index contributed by atoms with van der Waals surface area (Å²) >= 11 is 0. The van der Waals surface area contributed by atoms with E-state index in [-0.39, 0.29) is 128 Å². The van der Waals surface area contributed by atoms with Gasteiger partial charge in [-0.1, -0.05) is 55.5 Å². The van der Waals surface area contributed by atoms with Gasteiger partial charge in [-0.25, -0.2) is 25.3 Å². The number of carbonyl (C=O) groups excluding carboxylic acids is 9. The molecule has 8 bridgehead atoms. The number of carbonyl (C=O) groups is 9. The summed E-state index contributed by atoms with van der Waals surface area (Å²) in [6.45, 7) is 8.42. The molecule has 41 heteroatoms. The van der Waals surface area contributed by atoms with E-state index in [4.69, 9.17) is 37.9 Å². The maximum absolute atomic E-state index is 12.9. The van der Waals surface area contributed by atoms with Gasteiger partial charge < -0.3 is 116 Å². The van der Waals surface area contributed by atoms with Crippen LogP contribution in [0.3, 0.4) is 0 Å². The van der Waals surface area contributed by atoms with Gasteiger partial charge in [0.25, 0.3) is 0 Å². The first-order valence-electron chi connectivity index (χ1n) is 37.0. The maximum atomic E-state index is 12.9. The summed E-state index contributed by atoms with van der Waals surface area (Å²) in [5, 5.41) is 27.6. The fourth-order valence-corrected chi connectivity index (χ4v) is 15.7. The van der Waals surface area contributed by atoms with Gasteiger partial charge in [0, 0.05) is 46.2 Å². The van der Waals surface area contributed by atoms with Crippen LogP contribution in [0.2, 0.25) is 0 Å². The zero-order valence-corrected chi connectivity index (χ0v) is 68.3. The molecule has 0 saturated carbocycles. The molecule has 0 aliphatic carbocycles. The predicted molar refractivity (Wildman–Crippen MR) is 393 cm³/mol. The van der Waals surface area contributed by atoms with Crippen molar-refractivity contribution in [3.05, 3.63) is 48.6 Å². The quantitative estimate of drug-likeness (QED) is 0.0109. The van der Waals surface area contributed by atoms with Gasteiger partial charge in [-0.2, -0.15) is 0 Å². The number of ether oxygens (including phenoxy) is 8. The van der Waals surface area contributed by atoms with Crippen molar-refractivity contribution in [3.8, 4) is 0 Å². The number of nitrogens with one attached hydrogen (secondary N) is 6. The molecule has 8 aliphatic rings. The maximum Gasteiger partial charge on any atom is 1.00 e. The van der Waals surface area contributed by atoms with Crippen molar-refractivity contribution >= 4 is 83.7 Å². The molecule has 8 rings (SSSR count). The normalized spacial score (nSPS) is 26.4. The van der Waals surface area contributed by atoms with Crippen LogP contribution in [-0.4, -0.2) is 390 Å². The van der Waals surface area contributed by atoms with Crippen LogP contribution in [0, 0.1) is 47.3 Å². The SMILES string of the molecule is CCCNC(=O)C1C(C(=O)NCCN(C)C)[C@H]2C=C[C@@H]1O2.COCCOC(=O)C1C(C(=O)NCC[N+](C)(C)CCC(=O)[O-])[C@@H]2C=C[C@H]1O2.COCCOC(=O)C1C(C(=O)NCC[N+](C)(C)CCS(=O)(=O)[O-])[C@@H]2C=C[C@H]1O2.C[N+](C)(CCNC(=O)C1C(C(=O)NCC[N+](C)(C)CCS(=O)(=O)[O-])[C@H]2C=C[C@@H]1O2)CCS(=O)(=O)[O-].[H+]. The van der Waals surface area contributed by atoms with Crippen LogP contribution < -0.4 is 37.0 Å². The number of likely N-dealkylation sites (N-methyl/N-ethyl adjacent to an activating group) is 5. The van der Waals surface area contributed by atoms with Crippen LogP contribution in [0.15, 0.2) is 48.6 Å². The van der Waals surface area contributed by atoms with Gasteiger partial charge in [-0.15, -0.1) is 0 Å². The Balaban J connectivity index is 0.000000318. The molecule has 0 radical (unpaired) electrons. The van der Waals surface area contributed by atoms with Gasteiger partial charge in [0.15, 0.2) is 0 Å². The number of hydrogen-bond acceptors (Lipinski definition) is 28. The molecule has 0 spiro atoms. The number of hydrogen-bond donors (Lipinski definition) is 6. The number of carboxylic acids is 1. The number of quaternary nitrogens is 4. The Labute approximate surface area is 653 Å². The van der Waals surface area contributed by atoms with Crippen molar-refractivity contribution in [2.75, 3.05) is 227 Å².